The van der Waals surface area contributed by atoms with Crippen molar-refractivity contribution in [3.8, 4) is 5.75 Å². The maximum atomic E-state index is 12.3. The Kier molecular flexibility index (Phi) is 10.7. The molecule has 2 amide bonds. The lowest BCUT2D eigenvalue weighted by Gasteiger charge is -2.08. The van der Waals surface area contributed by atoms with Crippen LogP contribution in [-0.2, 0) is 4.79 Å². The normalized spacial score (nSPS) is 9.93. The first-order valence-electron chi connectivity index (χ1n) is 9.18. The highest BCUT2D eigenvalue weighted by Gasteiger charge is 2.07. The molecule has 28 heavy (non-hydrogen) atoms. The number of carbonyl (C=O) groups is 2. The predicted octanol–water partition coefficient (Wildman–Crippen LogP) is 4.22. The lowest BCUT2D eigenvalue weighted by Crippen LogP contribution is -2.13. The largest absolute Gasteiger partial charge is 0.497 e. The second-order valence-electron chi connectivity index (χ2n) is 6.26. The summed E-state index contributed by atoms with van der Waals surface area (Å²) in [7, 11) is 1.59. The second kappa shape index (κ2) is 12.8. The SMILES string of the molecule is COc1ccc(NC(=O)c2ccc(NC(=O)CCCCCCN)cc2)cc1.Cl. The van der Waals surface area contributed by atoms with E-state index in [0.717, 1.165) is 31.4 Å². The minimum atomic E-state index is -0.210. The second-order valence-corrected chi connectivity index (χ2v) is 6.26. The summed E-state index contributed by atoms with van der Waals surface area (Å²) in [6.45, 7) is 0.699. The van der Waals surface area contributed by atoms with E-state index in [1.165, 1.54) is 0 Å². The molecule has 2 aromatic carbocycles. The molecule has 0 aliphatic carbocycles. The van der Waals surface area contributed by atoms with Crippen molar-refractivity contribution in [3.63, 3.8) is 0 Å². The van der Waals surface area contributed by atoms with Gasteiger partial charge in [0.25, 0.3) is 5.91 Å². The molecule has 0 aliphatic rings. The average Bonchev–Trinajstić information content (AvgIpc) is 2.69. The molecule has 0 saturated carbocycles. The fourth-order valence-electron chi connectivity index (χ4n) is 2.59. The molecular weight excluding hydrogens is 378 g/mol. The lowest BCUT2D eigenvalue weighted by atomic mass is 10.1. The number of hydrogen-bond donors (Lipinski definition) is 3. The maximum Gasteiger partial charge on any atom is 0.255 e. The number of anilines is 2. The quantitative estimate of drug-likeness (QED) is 0.516. The van der Waals surface area contributed by atoms with Crippen LogP contribution in [0.2, 0.25) is 0 Å². The van der Waals surface area contributed by atoms with Gasteiger partial charge in [0, 0.05) is 23.4 Å². The fraction of sp³-hybridized carbons (Fsp3) is 0.333. The zero-order chi connectivity index (χ0) is 19.5. The van der Waals surface area contributed by atoms with Crippen LogP contribution >= 0.6 is 12.4 Å². The predicted molar refractivity (Wildman–Crippen MR) is 115 cm³/mol. The molecule has 0 bridgehead atoms. The van der Waals surface area contributed by atoms with Crippen LogP contribution in [0, 0.1) is 0 Å². The van der Waals surface area contributed by atoms with Crippen molar-refractivity contribution in [2.45, 2.75) is 32.1 Å². The van der Waals surface area contributed by atoms with Gasteiger partial charge in [0.1, 0.15) is 5.75 Å². The molecule has 0 saturated heterocycles. The molecule has 4 N–H and O–H groups in total. The van der Waals surface area contributed by atoms with Crippen molar-refractivity contribution in [1.82, 2.24) is 0 Å². The van der Waals surface area contributed by atoms with Crippen LogP contribution in [0.25, 0.3) is 0 Å². The van der Waals surface area contributed by atoms with E-state index in [1.807, 2.05) is 0 Å². The highest BCUT2D eigenvalue weighted by atomic mass is 35.5. The fourth-order valence-corrected chi connectivity index (χ4v) is 2.59. The van der Waals surface area contributed by atoms with Crippen LogP contribution < -0.4 is 21.1 Å². The van der Waals surface area contributed by atoms with Gasteiger partial charge < -0.3 is 21.1 Å². The van der Waals surface area contributed by atoms with Crippen LogP contribution in [0.5, 0.6) is 5.75 Å². The lowest BCUT2D eigenvalue weighted by molar-refractivity contribution is -0.116. The Morgan fingerprint density at radius 2 is 1.43 bits per heavy atom. The van der Waals surface area contributed by atoms with Gasteiger partial charge in [-0.25, -0.2) is 0 Å². The number of nitrogens with one attached hydrogen (secondary N) is 2. The Bertz CT molecular complexity index is 734. The van der Waals surface area contributed by atoms with E-state index < -0.39 is 0 Å². The van der Waals surface area contributed by atoms with Crippen molar-refractivity contribution >= 4 is 35.6 Å². The molecule has 0 spiro atoms. The van der Waals surface area contributed by atoms with E-state index in [9.17, 15) is 9.59 Å². The molecular formula is C21H28ClN3O3. The number of carbonyl (C=O) groups excluding carboxylic acids is 2. The first-order valence-corrected chi connectivity index (χ1v) is 9.18. The summed E-state index contributed by atoms with van der Waals surface area (Å²) in [4.78, 5) is 24.2. The molecule has 0 aliphatic heterocycles. The van der Waals surface area contributed by atoms with Crippen molar-refractivity contribution in [2.75, 3.05) is 24.3 Å². The Labute approximate surface area is 172 Å². The first kappa shape index (κ1) is 23.5. The molecule has 0 aromatic heterocycles. The molecule has 152 valence electrons. The van der Waals surface area contributed by atoms with Gasteiger partial charge in [0.05, 0.1) is 7.11 Å². The van der Waals surface area contributed by atoms with Crippen molar-refractivity contribution in [2.24, 2.45) is 5.73 Å². The van der Waals surface area contributed by atoms with E-state index in [2.05, 4.69) is 10.6 Å². The monoisotopic (exact) mass is 405 g/mol. The van der Waals surface area contributed by atoms with Crippen LogP contribution in [0.1, 0.15) is 42.5 Å². The van der Waals surface area contributed by atoms with Gasteiger partial charge in [-0.1, -0.05) is 12.8 Å². The van der Waals surface area contributed by atoms with Gasteiger partial charge in [-0.05, 0) is 67.9 Å². The molecule has 0 atom stereocenters. The van der Waals surface area contributed by atoms with E-state index in [-0.39, 0.29) is 24.2 Å². The van der Waals surface area contributed by atoms with Gasteiger partial charge in [-0.3, -0.25) is 9.59 Å². The first-order chi connectivity index (χ1) is 13.1. The Morgan fingerprint density at radius 3 is 2.04 bits per heavy atom. The number of amides is 2. The number of hydrogen-bond acceptors (Lipinski definition) is 4. The summed E-state index contributed by atoms with van der Waals surface area (Å²) >= 11 is 0. The summed E-state index contributed by atoms with van der Waals surface area (Å²) < 4.78 is 5.09. The summed E-state index contributed by atoms with van der Waals surface area (Å²) in [5, 5.41) is 5.68. The summed E-state index contributed by atoms with van der Waals surface area (Å²) in [6.07, 6.45) is 4.41. The molecule has 0 fully saturated rings. The number of unbranched alkanes of at least 4 members (excludes halogenated alkanes) is 3. The minimum Gasteiger partial charge on any atom is -0.497 e. The summed E-state index contributed by atoms with van der Waals surface area (Å²) in [6, 6.07) is 14.0. The van der Waals surface area contributed by atoms with Gasteiger partial charge >= 0.3 is 0 Å². The van der Waals surface area contributed by atoms with Gasteiger partial charge in [-0.15, -0.1) is 12.4 Å². The zero-order valence-electron chi connectivity index (χ0n) is 16.1. The highest BCUT2D eigenvalue weighted by Crippen LogP contribution is 2.17. The summed E-state index contributed by atoms with van der Waals surface area (Å²) in [5.74, 6) is 0.503. The van der Waals surface area contributed by atoms with Crippen LogP contribution in [0.15, 0.2) is 48.5 Å². The number of halogens is 1. The molecule has 0 radical (unpaired) electrons. The Hall–Kier alpha value is -2.57. The minimum absolute atomic E-state index is 0. The molecule has 7 heteroatoms. The third-order valence-corrected chi connectivity index (χ3v) is 4.14. The maximum absolute atomic E-state index is 12.3. The van der Waals surface area contributed by atoms with Crippen molar-refractivity contribution < 1.29 is 14.3 Å². The van der Waals surface area contributed by atoms with Crippen molar-refractivity contribution in [3.05, 3.63) is 54.1 Å². The molecule has 6 nitrogen and oxygen atoms in total. The van der Waals surface area contributed by atoms with Crippen molar-refractivity contribution in [1.29, 1.82) is 0 Å². The van der Waals surface area contributed by atoms with Gasteiger partial charge in [0.2, 0.25) is 5.91 Å². The third-order valence-electron chi connectivity index (χ3n) is 4.14. The number of nitrogens with two attached hydrogens (primary N) is 1. The number of rotatable bonds is 10. The standard InChI is InChI=1S/C21H27N3O3.ClH/c1-27-19-13-11-18(12-14-19)24-21(26)16-7-9-17(10-8-16)23-20(25)6-4-2-3-5-15-22;/h7-14H,2-6,15,22H2,1H3,(H,23,25)(H,24,26);1H. The molecule has 0 heterocycles. The molecule has 0 unspecified atom stereocenters. The zero-order valence-corrected chi connectivity index (χ0v) is 16.9. The molecule has 2 aromatic rings. The van der Waals surface area contributed by atoms with Crippen LogP contribution in [-0.4, -0.2) is 25.5 Å². The van der Waals surface area contributed by atoms with Crippen LogP contribution in [0.3, 0.4) is 0 Å². The number of benzene rings is 2. The Morgan fingerprint density at radius 1 is 0.857 bits per heavy atom. The topological polar surface area (TPSA) is 93.5 Å². The number of methoxy groups -OCH3 is 1. The van der Waals surface area contributed by atoms with Gasteiger partial charge in [0.15, 0.2) is 0 Å². The van der Waals surface area contributed by atoms with Gasteiger partial charge in [-0.2, -0.15) is 0 Å². The smallest absolute Gasteiger partial charge is 0.255 e. The van der Waals surface area contributed by atoms with E-state index in [0.29, 0.717) is 29.9 Å². The van der Waals surface area contributed by atoms with Crippen LogP contribution in [0.4, 0.5) is 11.4 Å². The van der Waals surface area contributed by atoms with E-state index >= 15 is 0 Å². The van der Waals surface area contributed by atoms with E-state index in [4.69, 9.17) is 10.5 Å². The third kappa shape index (κ3) is 7.98. The average molecular weight is 406 g/mol. The van der Waals surface area contributed by atoms with E-state index in [1.54, 1.807) is 55.6 Å². The summed E-state index contributed by atoms with van der Waals surface area (Å²) in [5.41, 5.74) is 7.34. The molecule has 2 rings (SSSR count). The highest BCUT2D eigenvalue weighted by molar-refractivity contribution is 6.04. The Balaban J connectivity index is 0.00000392. The number of ether oxygens (including phenoxy) is 1.